The first-order chi connectivity index (χ1) is 6.74. The highest BCUT2D eigenvalue weighted by atomic mass is 15.2. The minimum atomic E-state index is 0.372. The number of nitrogens with one attached hydrogen (secondary N) is 1. The Morgan fingerprint density at radius 2 is 2.21 bits per heavy atom. The predicted molar refractivity (Wildman–Crippen MR) is 58.5 cm³/mol. The quantitative estimate of drug-likeness (QED) is 0.550. The third kappa shape index (κ3) is 3.44. The summed E-state index contributed by atoms with van der Waals surface area (Å²) in [6.07, 6.45) is 3.84. The molecule has 0 spiro atoms. The maximum atomic E-state index is 5.47. The molecule has 1 aromatic rings. The molecule has 0 radical (unpaired) electrons. The lowest BCUT2D eigenvalue weighted by atomic mass is 9.99. The van der Waals surface area contributed by atoms with Gasteiger partial charge in [-0.1, -0.05) is 19.9 Å². The first-order valence-electron chi connectivity index (χ1n) is 5.10. The van der Waals surface area contributed by atoms with E-state index >= 15 is 0 Å². The fourth-order valence-electron chi connectivity index (χ4n) is 1.46. The fourth-order valence-corrected chi connectivity index (χ4v) is 1.46. The van der Waals surface area contributed by atoms with Crippen LogP contribution in [0.2, 0.25) is 0 Å². The minimum Gasteiger partial charge on any atom is -0.271 e. The molecule has 1 rings (SSSR count). The Balaban J connectivity index is 2.40. The monoisotopic (exact) mass is 193 g/mol. The molecule has 14 heavy (non-hydrogen) atoms. The van der Waals surface area contributed by atoms with E-state index in [4.69, 9.17) is 5.84 Å². The summed E-state index contributed by atoms with van der Waals surface area (Å²) in [6.45, 7) is 4.34. The van der Waals surface area contributed by atoms with Crippen LogP contribution in [0.3, 0.4) is 0 Å². The largest absolute Gasteiger partial charge is 0.271 e. The average molecular weight is 193 g/mol. The number of rotatable bonds is 5. The zero-order valence-corrected chi connectivity index (χ0v) is 8.90. The van der Waals surface area contributed by atoms with Gasteiger partial charge in [0, 0.05) is 17.9 Å². The van der Waals surface area contributed by atoms with E-state index in [-0.39, 0.29) is 0 Å². The number of pyridine rings is 1. The maximum absolute atomic E-state index is 5.47. The lowest BCUT2D eigenvalue weighted by Crippen LogP contribution is -2.39. The number of nitrogens with two attached hydrogens (primary N) is 1. The molecule has 3 N–H and O–H groups in total. The standard InChI is InChI=1S/C11H19N3/c1-9(2)11(14-12)7-6-10-5-3-4-8-13-10/h3-5,8-9,11,14H,6-7,12H2,1-2H3. The van der Waals surface area contributed by atoms with E-state index in [1.807, 2.05) is 24.4 Å². The fraction of sp³-hybridized carbons (Fsp3) is 0.545. The third-order valence-corrected chi connectivity index (χ3v) is 2.46. The summed E-state index contributed by atoms with van der Waals surface area (Å²) in [4.78, 5) is 4.28. The molecule has 3 nitrogen and oxygen atoms in total. The molecule has 78 valence electrons. The first-order valence-corrected chi connectivity index (χ1v) is 5.10. The second-order valence-electron chi connectivity index (χ2n) is 3.88. The number of aromatic nitrogens is 1. The van der Waals surface area contributed by atoms with Crippen molar-refractivity contribution in [1.82, 2.24) is 10.4 Å². The zero-order valence-electron chi connectivity index (χ0n) is 8.90. The molecule has 0 aromatic carbocycles. The van der Waals surface area contributed by atoms with Gasteiger partial charge in [-0.3, -0.25) is 16.3 Å². The van der Waals surface area contributed by atoms with Crippen molar-refractivity contribution < 1.29 is 0 Å². The van der Waals surface area contributed by atoms with Crippen LogP contribution in [-0.4, -0.2) is 11.0 Å². The van der Waals surface area contributed by atoms with Gasteiger partial charge in [0.05, 0.1) is 0 Å². The van der Waals surface area contributed by atoms with E-state index in [1.165, 1.54) is 0 Å². The van der Waals surface area contributed by atoms with Crippen molar-refractivity contribution in [3.05, 3.63) is 30.1 Å². The van der Waals surface area contributed by atoms with Crippen molar-refractivity contribution in [1.29, 1.82) is 0 Å². The molecule has 1 heterocycles. The normalized spacial score (nSPS) is 13.1. The van der Waals surface area contributed by atoms with Crippen LogP contribution in [0.1, 0.15) is 26.0 Å². The van der Waals surface area contributed by atoms with Crippen molar-refractivity contribution in [2.24, 2.45) is 11.8 Å². The number of hydrogen-bond acceptors (Lipinski definition) is 3. The van der Waals surface area contributed by atoms with Crippen LogP contribution in [0.5, 0.6) is 0 Å². The van der Waals surface area contributed by atoms with Crippen LogP contribution in [0.4, 0.5) is 0 Å². The zero-order chi connectivity index (χ0) is 10.4. The molecule has 0 aliphatic rings. The second kappa shape index (κ2) is 5.73. The second-order valence-corrected chi connectivity index (χ2v) is 3.88. The molecule has 0 fully saturated rings. The van der Waals surface area contributed by atoms with Gasteiger partial charge < -0.3 is 0 Å². The minimum absolute atomic E-state index is 0.372. The summed E-state index contributed by atoms with van der Waals surface area (Å²) in [6, 6.07) is 6.37. The van der Waals surface area contributed by atoms with Crippen LogP contribution in [-0.2, 0) is 6.42 Å². The molecule has 0 bridgehead atoms. The summed E-state index contributed by atoms with van der Waals surface area (Å²) >= 11 is 0. The van der Waals surface area contributed by atoms with Gasteiger partial charge in [0.1, 0.15) is 0 Å². The van der Waals surface area contributed by atoms with Gasteiger partial charge in [-0.15, -0.1) is 0 Å². The molecule has 1 unspecified atom stereocenters. The SMILES string of the molecule is CC(C)C(CCc1ccccn1)NN. The molecule has 0 saturated carbocycles. The summed E-state index contributed by atoms with van der Waals surface area (Å²) in [5.41, 5.74) is 3.98. The Labute approximate surface area is 85.7 Å². The van der Waals surface area contributed by atoms with Gasteiger partial charge in [0.2, 0.25) is 0 Å². The molecular weight excluding hydrogens is 174 g/mol. The van der Waals surface area contributed by atoms with Gasteiger partial charge in [0.25, 0.3) is 0 Å². The Kier molecular flexibility index (Phi) is 4.56. The Morgan fingerprint density at radius 1 is 1.43 bits per heavy atom. The average Bonchev–Trinajstić information content (AvgIpc) is 2.20. The van der Waals surface area contributed by atoms with Crippen LogP contribution < -0.4 is 11.3 Å². The van der Waals surface area contributed by atoms with E-state index in [1.54, 1.807) is 0 Å². The number of aryl methyl sites for hydroxylation is 1. The van der Waals surface area contributed by atoms with Crippen LogP contribution in [0.15, 0.2) is 24.4 Å². The first kappa shape index (κ1) is 11.1. The number of hydrazine groups is 1. The summed E-state index contributed by atoms with van der Waals surface area (Å²) in [5, 5.41) is 0. The van der Waals surface area contributed by atoms with Crippen LogP contribution >= 0.6 is 0 Å². The molecule has 0 amide bonds. The molecule has 0 aliphatic heterocycles. The van der Waals surface area contributed by atoms with Crippen LogP contribution in [0, 0.1) is 5.92 Å². The smallest absolute Gasteiger partial charge is 0.0404 e. The maximum Gasteiger partial charge on any atom is 0.0404 e. The predicted octanol–water partition coefficient (Wildman–Crippen LogP) is 1.50. The van der Waals surface area contributed by atoms with E-state index in [9.17, 15) is 0 Å². The Hall–Kier alpha value is -0.930. The van der Waals surface area contributed by atoms with Crippen molar-refractivity contribution in [3.8, 4) is 0 Å². The van der Waals surface area contributed by atoms with Gasteiger partial charge in [-0.25, -0.2) is 0 Å². The molecule has 0 saturated heterocycles. The lowest BCUT2D eigenvalue weighted by Gasteiger charge is -2.19. The van der Waals surface area contributed by atoms with Crippen LogP contribution in [0.25, 0.3) is 0 Å². The van der Waals surface area contributed by atoms with Crippen molar-refractivity contribution in [2.75, 3.05) is 0 Å². The Bertz CT molecular complexity index is 246. The van der Waals surface area contributed by atoms with E-state index < -0.39 is 0 Å². The molecule has 3 heteroatoms. The van der Waals surface area contributed by atoms with Crippen molar-refractivity contribution in [3.63, 3.8) is 0 Å². The van der Waals surface area contributed by atoms with Gasteiger partial charge in [0.15, 0.2) is 0 Å². The van der Waals surface area contributed by atoms with Crippen molar-refractivity contribution in [2.45, 2.75) is 32.7 Å². The summed E-state index contributed by atoms with van der Waals surface area (Å²) in [5.74, 6) is 6.03. The Morgan fingerprint density at radius 3 is 2.71 bits per heavy atom. The highest BCUT2D eigenvalue weighted by molar-refractivity contribution is 5.03. The van der Waals surface area contributed by atoms with E-state index in [0.29, 0.717) is 12.0 Å². The van der Waals surface area contributed by atoms with Gasteiger partial charge >= 0.3 is 0 Å². The summed E-state index contributed by atoms with van der Waals surface area (Å²) in [7, 11) is 0. The highest BCUT2D eigenvalue weighted by Crippen LogP contribution is 2.08. The lowest BCUT2D eigenvalue weighted by molar-refractivity contribution is 0.383. The van der Waals surface area contributed by atoms with Gasteiger partial charge in [-0.05, 0) is 30.9 Å². The number of hydrogen-bond donors (Lipinski definition) is 2. The summed E-state index contributed by atoms with van der Waals surface area (Å²) < 4.78 is 0. The third-order valence-electron chi connectivity index (χ3n) is 2.46. The highest BCUT2D eigenvalue weighted by Gasteiger charge is 2.10. The molecule has 0 aliphatic carbocycles. The van der Waals surface area contributed by atoms with E-state index in [0.717, 1.165) is 18.5 Å². The van der Waals surface area contributed by atoms with E-state index in [2.05, 4.69) is 24.3 Å². The molecule has 1 atom stereocenters. The molecule has 1 aromatic heterocycles. The topological polar surface area (TPSA) is 50.9 Å². The number of nitrogens with zero attached hydrogens (tertiary/aromatic N) is 1. The molecular formula is C11H19N3. The van der Waals surface area contributed by atoms with Crippen molar-refractivity contribution >= 4 is 0 Å². The van der Waals surface area contributed by atoms with Gasteiger partial charge in [-0.2, -0.15) is 0 Å².